The van der Waals surface area contributed by atoms with Gasteiger partial charge in [-0.1, -0.05) is 18.6 Å². The molecule has 4 rings (SSSR count). The second-order valence-corrected chi connectivity index (χ2v) is 7.14. The minimum Gasteiger partial charge on any atom is -0.497 e. The number of methoxy groups -OCH3 is 1. The molecule has 3 heteroatoms. The maximum atomic E-state index is 10.5. The van der Waals surface area contributed by atoms with Gasteiger partial charge in [0.1, 0.15) is 5.75 Å². The van der Waals surface area contributed by atoms with Crippen LogP contribution in [0.1, 0.15) is 37.3 Å². The van der Waals surface area contributed by atoms with Crippen molar-refractivity contribution in [2.75, 3.05) is 20.3 Å². The maximum absolute atomic E-state index is 10.5. The molecule has 0 unspecified atom stereocenters. The lowest BCUT2D eigenvalue weighted by Gasteiger charge is -2.50. The molecule has 1 N–H and O–H groups in total. The molecule has 0 radical (unpaired) electrons. The van der Waals surface area contributed by atoms with E-state index in [0.717, 1.165) is 38.0 Å². The van der Waals surface area contributed by atoms with Crippen LogP contribution >= 0.6 is 0 Å². The third-order valence-electron chi connectivity index (χ3n) is 6.14. The van der Waals surface area contributed by atoms with E-state index in [1.807, 2.05) is 0 Å². The SMILES string of the molecule is COc1ccc2c(c1)CCC1=C2CC[C@@]2(C)[C@@H]1COC[C@@H]2O. The van der Waals surface area contributed by atoms with Gasteiger partial charge in [0, 0.05) is 11.3 Å². The van der Waals surface area contributed by atoms with Crippen molar-refractivity contribution in [3.63, 3.8) is 0 Å². The van der Waals surface area contributed by atoms with Crippen molar-refractivity contribution in [2.24, 2.45) is 11.3 Å². The third kappa shape index (κ3) is 1.95. The Balaban J connectivity index is 1.78. The second-order valence-electron chi connectivity index (χ2n) is 7.14. The molecule has 0 aromatic heterocycles. The molecule has 3 aliphatic rings. The molecule has 2 aliphatic carbocycles. The van der Waals surface area contributed by atoms with E-state index in [9.17, 15) is 5.11 Å². The first-order valence-corrected chi connectivity index (χ1v) is 8.28. The summed E-state index contributed by atoms with van der Waals surface area (Å²) in [6, 6.07) is 6.46. The fourth-order valence-electron chi connectivity index (χ4n) is 4.62. The molecule has 118 valence electrons. The minimum absolute atomic E-state index is 0.0128. The zero-order valence-electron chi connectivity index (χ0n) is 13.4. The molecule has 1 aromatic rings. The molecule has 3 atom stereocenters. The van der Waals surface area contributed by atoms with E-state index in [2.05, 4.69) is 25.1 Å². The summed E-state index contributed by atoms with van der Waals surface area (Å²) in [5.74, 6) is 1.31. The highest BCUT2D eigenvalue weighted by molar-refractivity contribution is 5.75. The topological polar surface area (TPSA) is 38.7 Å². The number of benzene rings is 1. The summed E-state index contributed by atoms with van der Waals surface area (Å²) in [5, 5.41) is 10.5. The van der Waals surface area contributed by atoms with Crippen molar-refractivity contribution in [3.8, 4) is 5.75 Å². The van der Waals surface area contributed by atoms with Crippen LogP contribution in [-0.4, -0.2) is 31.5 Å². The highest BCUT2D eigenvalue weighted by Crippen LogP contribution is 2.53. The number of aliphatic hydroxyl groups excluding tert-OH is 1. The molecule has 0 amide bonds. The number of fused-ring (bicyclic) bond motifs is 4. The largest absolute Gasteiger partial charge is 0.497 e. The first kappa shape index (κ1) is 14.3. The first-order valence-electron chi connectivity index (χ1n) is 8.28. The monoisotopic (exact) mass is 300 g/mol. The molecule has 1 aromatic carbocycles. The molecule has 3 nitrogen and oxygen atoms in total. The van der Waals surface area contributed by atoms with E-state index < -0.39 is 0 Å². The van der Waals surface area contributed by atoms with Crippen LogP contribution in [0, 0.1) is 11.3 Å². The van der Waals surface area contributed by atoms with Crippen molar-refractivity contribution in [1.82, 2.24) is 0 Å². The van der Waals surface area contributed by atoms with Gasteiger partial charge in [-0.25, -0.2) is 0 Å². The summed E-state index contributed by atoms with van der Waals surface area (Å²) in [6.07, 6.45) is 3.93. The predicted octanol–water partition coefficient (Wildman–Crippen LogP) is 3.20. The molecule has 0 bridgehead atoms. The van der Waals surface area contributed by atoms with Gasteiger partial charge in [0.2, 0.25) is 0 Å². The fraction of sp³-hybridized carbons (Fsp3) is 0.579. The summed E-state index contributed by atoms with van der Waals surface area (Å²) >= 11 is 0. The van der Waals surface area contributed by atoms with Gasteiger partial charge in [0.25, 0.3) is 0 Å². The summed E-state index contributed by atoms with van der Waals surface area (Å²) in [7, 11) is 1.72. The number of rotatable bonds is 1. The van der Waals surface area contributed by atoms with Crippen LogP contribution < -0.4 is 4.74 Å². The van der Waals surface area contributed by atoms with Crippen molar-refractivity contribution in [3.05, 3.63) is 34.9 Å². The standard InChI is InChI=1S/C19H24O3/c1-19-8-7-15-14-6-4-13(21-2)9-12(14)3-5-16(15)17(19)10-22-11-18(19)20/h4,6,9,17-18,20H,3,5,7-8,10-11H2,1-2H3/t17-,18+,19+/m1/s1. The van der Waals surface area contributed by atoms with Gasteiger partial charge in [-0.05, 0) is 54.5 Å². The number of hydrogen-bond acceptors (Lipinski definition) is 3. The number of hydrogen-bond donors (Lipinski definition) is 1. The maximum Gasteiger partial charge on any atom is 0.119 e. The van der Waals surface area contributed by atoms with E-state index in [1.54, 1.807) is 7.11 Å². The predicted molar refractivity (Wildman–Crippen MR) is 85.9 cm³/mol. The zero-order chi connectivity index (χ0) is 15.3. The number of aliphatic hydroxyl groups is 1. The van der Waals surface area contributed by atoms with Crippen molar-refractivity contribution < 1.29 is 14.6 Å². The van der Waals surface area contributed by atoms with Crippen LogP contribution in [0.2, 0.25) is 0 Å². The summed E-state index contributed by atoms with van der Waals surface area (Å²) in [5.41, 5.74) is 5.82. The van der Waals surface area contributed by atoms with E-state index in [4.69, 9.17) is 9.47 Å². The average Bonchev–Trinajstić information content (AvgIpc) is 2.55. The van der Waals surface area contributed by atoms with Gasteiger partial charge in [-0.3, -0.25) is 0 Å². The third-order valence-corrected chi connectivity index (χ3v) is 6.14. The van der Waals surface area contributed by atoms with Crippen LogP contribution in [0.3, 0.4) is 0 Å². The molecule has 1 aliphatic heterocycles. The molecular formula is C19H24O3. The van der Waals surface area contributed by atoms with Crippen molar-refractivity contribution in [1.29, 1.82) is 0 Å². The Labute approximate surface area is 131 Å². The summed E-state index contributed by atoms with van der Waals surface area (Å²) < 4.78 is 11.0. The van der Waals surface area contributed by atoms with Crippen LogP contribution in [-0.2, 0) is 11.2 Å². The Morgan fingerprint density at radius 2 is 2.09 bits per heavy atom. The van der Waals surface area contributed by atoms with Crippen LogP contribution in [0.5, 0.6) is 5.75 Å². The second kappa shape index (κ2) is 5.10. The van der Waals surface area contributed by atoms with Crippen LogP contribution in [0.25, 0.3) is 5.57 Å². The summed E-state index contributed by atoms with van der Waals surface area (Å²) in [6.45, 7) is 3.50. The molecular weight excluding hydrogens is 276 g/mol. The van der Waals surface area contributed by atoms with Crippen LogP contribution in [0.4, 0.5) is 0 Å². The van der Waals surface area contributed by atoms with E-state index >= 15 is 0 Å². The lowest BCUT2D eigenvalue weighted by molar-refractivity contribution is -0.124. The van der Waals surface area contributed by atoms with Gasteiger partial charge in [0.15, 0.2) is 0 Å². The Kier molecular flexibility index (Phi) is 3.31. The zero-order valence-corrected chi connectivity index (χ0v) is 13.4. The average molecular weight is 300 g/mol. The van der Waals surface area contributed by atoms with Gasteiger partial charge in [-0.15, -0.1) is 0 Å². The number of allylic oxidation sites excluding steroid dienone is 1. The molecule has 22 heavy (non-hydrogen) atoms. The van der Waals surface area contributed by atoms with Crippen molar-refractivity contribution >= 4 is 5.57 Å². The lowest BCUT2D eigenvalue weighted by atomic mass is 9.59. The molecule has 1 heterocycles. The first-order chi connectivity index (χ1) is 10.6. The van der Waals surface area contributed by atoms with E-state index in [-0.39, 0.29) is 11.5 Å². The smallest absolute Gasteiger partial charge is 0.119 e. The summed E-state index contributed by atoms with van der Waals surface area (Å²) in [4.78, 5) is 0. The molecule has 1 saturated heterocycles. The number of aryl methyl sites for hydroxylation is 1. The van der Waals surface area contributed by atoms with Gasteiger partial charge in [-0.2, -0.15) is 0 Å². The van der Waals surface area contributed by atoms with Crippen molar-refractivity contribution in [2.45, 2.75) is 38.7 Å². The minimum atomic E-state index is -0.336. The Morgan fingerprint density at radius 1 is 1.23 bits per heavy atom. The molecule has 0 saturated carbocycles. The van der Waals surface area contributed by atoms with Crippen LogP contribution in [0.15, 0.2) is 23.8 Å². The highest BCUT2D eigenvalue weighted by atomic mass is 16.5. The highest BCUT2D eigenvalue weighted by Gasteiger charge is 2.48. The normalized spacial score (nSPS) is 33.8. The Morgan fingerprint density at radius 3 is 2.91 bits per heavy atom. The van der Waals surface area contributed by atoms with Gasteiger partial charge >= 0.3 is 0 Å². The molecule has 0 spiro atoms. The molecule has 1 fully saturated rings. The van der Waals surface area contributed by atoms with Gasteiger partial charge < -0.3 is 14.6 Å². The fourth-order valence-corrected chi connectivity index (χ4v) is 4.62. The quantitative estimate of drug-likeness (QED) is 0.865. The number of ether oxygens (including phenoxy) is 2. The van der Waals surface area contributed by atoms with E-state index in [1.165, 1.54) is 22.3 Å². The van der Waals surface area contributed by atoms with E-state index in [0.29, 0.717) is 12.5 Å². The van der Waals surface area contributed by atoms with Gasteiger partial charge in [0.05, 0.1) is 26.4 Å². The lowest BCUT2D eigenvalue weighted by Crippen LogP contribution is -2.51. The Hall–Kier alpha value is -1.32. The Bertz CT molecular complexity index is 634.